The van der Waals surface area contributed by atoms with E-state index in [9.17, 15) is 0 Å². The molecule has 1 fully saturated rings. The topological polar surface area (TPSA) is 46.2 Å². The Morgan fingerprint density at radius 2 is 2.23 bits per heavy atom. The van der Waals surface area contributed by atoms with Crippen molar-refractivity contribution < 1.29 is 5.11 Å². The third-order valence-corrected chi connectivity index (χ3v) is 3.45. The quantitative estimate of drug-likeness (QED) is 0.701. The van der Waals surface area contributed by atoms with Crippen molar-refractivity contribution in [3.63, 3.8) is 0 Å². The predicted octanol–water partition coefficient (Wildman–Crippen LogP) is 1.77. The number of aliphatic hydroxyl groups is 1. The van der Waals surface area contributed by atoms with E-state index in [0.29, 0.717) is 12.5 Å². The summed E-state index contributed by atoms with van der Waals surface area (Å²) in [5.41, 5.74) is 5.72. The second-order valence-corrected chi connectivity index (χ2v) is 4.54. The second-order valence-electron chi connectivity index (χ2n) is 4.54. The van der Waals surface area contributed by atoms with Crippen LogP contribution in [0.15, 0.2) is 0 Å². The molecule has 0 aromatic heterocycles. The maximum absolute atomic E-state index is 8.91. The first-order valence-corrected chi connectivity index (χ1v) is 5.58. The first-order valence-electron chi connectivity index (χ1n) is 5.58. The Bertz CT molecular complexity index is 138. The minimum Gasteiger partial charge on any atom is -0.396 e. The molecule has 0 heterocycles. The smallest absolute Gasteiger partial charge is 0.0434 e. The van der Waals surface area contributed by atoms with E-state index in [0.717, 1.165) is 24.8 Å². The molecule has 1 aliphatic carbocycles. The summed E-state index contributed by atoms with van der Waals surface area (Å²) in [5.74, 6) is 2.21. The van der Waals surface area contributed by atoms with Crippen LogP contribution in [0.4, 0.5) is 0 Å². The molecule has 0 saturated heterocycles. The first-order chi connectivity index (χ1) is 6.27. The fraction of sp³-hybridized carbons (Fsp3) is 1.00. The number of hydrogen-bond acceptors (Lipinski definition) is 2. The highest BCUT2D eigenvalue weighted by atomic mass is 16.3. The summed E-state index contributed by atoms with van der Waals surface area (Å²) in [7, 11) is 0. The van der Waals surface area contributed by atoms with Crippen molar-refractivity contribution in [1.82, 2.24) is 0 Å². The van der Waals surface area contributed by atoms with Gasteiger partial charge < -0.3 is 10.8 Å². The van der Waals surface area contributed by atoms with Gasteiger partial charge in [-0.25, -0.2) is 0 Å². The highest BCUT2D eigenvalue weighted by Gasteiger charge is 2.25. The lowest BCUT2D eigenvalue weighted by Crippen LogP contribution is -2.28. The van der Waals surface area contributed by atoms with Crippen LogP contribution in [0.2, 0.25) is 0 Å². The average Bonchev–Trinajstić information content (AvgIpc) is 2.14. The van der Waals surface area contributed by atoms with Crippen molar-refractivity contribution in [2.75, 3.05) is 13.2 Å². The molecule has 3 unspecified atom stereocenters. The van der Waals surface area contributed by atoms with Crippen LogP contribution in [0.3, 0.4) is 0 Å². The van der Waals surface area contributed by atoms with Crippen molar-refractivity contribution >= 4 is 0 Å². The summed E-state index contributed by atoms with van der Waals surface area (Å²) in [6, 6.07) is 0. The molecule has 1 rings (SSSR count). The zero-order chi connectivity index (χ0) is 9.68. The number of nitrogens with two attached hydrogens (primary N) is 1. The Labute approximate surface area is 81.5 Å². The van der Waals surface area contributed by atoms with Gasteiger partial charge in [0.25, 0.3) is 0 Å². The van der Waals surface area contributed by atoms with E-state index in [4.69, 9.17) is 10.8 Å². The van der Waals surface area contributed by atoms with E-state index in [-0.39, 0.29) is 0 Å². The van der Waals surface area contributed by atoms with Crippen LogP contribution >= 0.6 is 0 Å². The Morgan fingerprint density at radius 1 is 1.46 bits per heavy atom. The van der Waals surface area contributed by atoms with E-state index in [1.54, 1.807) is 0 Å². The highest BCUT2D eigenvalue weighted by molar-refractivity contribution is 4.77. The van der Waals surface area contributed by atoms with E-state index >= 15 is 0 Å². The number of aliphatic hydroxyl groups excluding tert-OH is 1. The minimum absolute atomic E-state index is 0.298. The molecular formula is C11H23NO. The van der Waals surface area contributed by atoms with Gasteiger partial charge in [-0.05, 0) is 37.1 Å². The molecule has 3 N–H and O–H groups in total. The van der Waals surface area contributed by atoms with E-state index in [1.807, 2.05) is 0 Å². The standard InChI is InChI=1S/C11H23NO/c1-9-3-2-4-10(7-9)11(8-12)5-6-13/h9-11,13H,2-8,12H2,1H3. The van der Waals surface area contributed by atoms with Crippen LogP contribution in [0.25, 0.3) is 0 Å². The summed E-state index contributed by atoms with van der Waals surface area (Å²) in [6.07, 6.45) is 6.28. The van der Waals surface area contributed by atoms with Gasteiger partial charge in [0.2, 0.25) is 0 Å². The monoisotopic (exact) mass is 185 g/mol. The maximum atomic E-state index is 8.91. The molecule has 2 nitrogen and oxygen atoms in total. The Kier molecular flexibility index (Phi) is 4.74. The van der Waals surface area contributed by atoms with Crippen molar-refractivity contribution in [3.05, 3.63) is 0 Å². The summed E-state index contributed by atoms with van der Waals surface area (Å²) in [5, 5.41) is 8.91. The molecular weight excluding hydrogens is 162 g/mol. The Balaban J connectivity index is 2.37. The lowest BCUT2D eigenvalue weighted by molar-refractivity contribution is 0.168. The zero-order valence-corrected chi connectivity index (χ0v) is 8.71. The Morgan fingerprint density at radius 3 is 2.77 bits per heavy atom. The van der Waals surface area contributed by atoms with Crippen molar-refractivity contribution in [2.24, 2.45) is 23.5 Å². The molecule has 1 aliphatic rings. The molecule has 78 valence electrons. The fourth-order valence-electron chi connectivity index (χ4n) is 2.62. The van der Waals surface area contributed by atoms with Crippen LogP contribution in [-0.4, -0.2) is 18.3 Å². The van der Waals surface area contributed by atoms with Crippen molar-refractivity contribution in [3.8, 4) is 0 Å². The molecule has 0 aromatic rings. The molecule has 0 radical (unpaired) electrons. The highest BCUT2D eigenvalue weighted by Crippen LogP contribution is 2.34. The maximum Gasteiger partial charge on any atom is 0.0434 e. The van der Waals surface area contributed by atoms with E-state index < -0.39 is 0 Å². The van der Waals surface area contributed by atoms with Crippen molar-refractivity contribution in [1.29, 1.82) is 0 Å². The molecule has 2 heteroatoms. The normalized spacial score (nSPS) is 31.6. The number of hydrogen-bond donors (Lipinski definition) is 2. The van der Waals surface area contributed by atoms with Crippen LogP contribution in [0.5, 0.6) is 0 Å². The van der Waals surface area contributed by atoms with Crippen LogP contribution in [-0.2, 0) is 0 Å². The SMILES string of the molecule is CC1CCCC(C(CN)CCO)C1. The lowest BCUT2D eigenvalue weighted by atomic mass is 9.75. The van der Waals surface area contributed by atoms with E-state index in [1.165, 1.54) is 25.7 Å². The summed E-state index contributed by atoms with van der Waals surface area (Å²) in [4.78, 5) is 0. The van der Waals surface area contributed by atoms with Gasteiger partial charge in [0.05, 0.1) is 0 Å². The average molecular weight is 185 g/mol. The molecule has 0 aliphatic heterocycles. The fourth-order valence-corrected chi connectivity index (χ4v) is 2.62. The van der Waals surface area contributed by atoms with Crippen molar-refractivity contribution in [2.45, 2.75) is 39.0 Å². The van der Waals surface area contributed by atoms with Crippen LogP contribution < -0.4 is 5.73 Å². The third-order valence-electron chi connectivity index (χ3n) is 3.45. The Hall–Kier alpha value is -0.0800. The molecule has 0 spiro atoms. The molecule has 0 amide bonds. The largest absolute Gasteiger partial charge is 0.396 e. The minimum atomic E-state index is 0.298. The van der Waals surface area contributed by atoms with Gasteiger partial charge in [-0.3, -0.25) is 0 Å². The predicted molar refractivity (Wildman–Crippen MR) is 55.4 cm³/mol. The molecule has 0 bridgehead atoms. The molecule has 3 atom stereocenters. The zero-order valence-electron chi connectivity index (χ0n) is 8.71. The van der Waals surface area contributed by atoms with Gasteiger partial charge in [0.1, 0.15) is 0 Å². The second kappa shape index (κ2) is 5.61. The van der Waals surface area contributed by atoms with Gasteiger partial charge in [-0.2, -0.15) is 0 Å². The van der Waals surface area contributed by atoms with Crippen LogP contribution in [0.1, 0.15) is 39.0 Å². The van der Waals surface area contributed by atoms with Gasteiger partial charge >= 0.3 is 0 Å². The number of rotatable bonds is 4. The summed E-state index contributed by atoms with van der Waals surface area (Å²) < 4.78 is 0. The summed E-state index contributed by atoms with van der Waals surface area (Å²) in [6.45, 7) is 3.38. The van der Waals surface area contributed by atoms with Gasteiger partial charge in [-0.15, -0.1) is 0 Å². The summed E-state index contributed by atoms with van der Waals surface area (Å²) >= 11 is 0. The first kappa shape index (κ1) is 11.0. The molecule has 0 aromatic carbocycles. The molecule has 1 saturated carbocycles. The molecule has 13 heavy (non-hydrogen) atoms. The van der Waals surface area contributed by atoms with Gasteiger partial charge in [-0.1, -0.05) is 26.2 Å². The van der Waals surface area contributed by atoms with Gasteiger partial charge in [0.15, 0.2) is 0 Å². The van der Waals surface area contributed by atoms with Crippen LogP contribution in [0, 0.1) is 17.8 Å². The third kappa shape index (κ3) is 3.28. The lowest BCUT2D eigenvalue weighted by Gasteiger charge is -2.32. The van der Waals surface area contributed by atoms with E-state index in [2.05, 4.69) is 6.92 Å². The van der Waals surface area contributed by atoms with Gasteiger partial charge in [0, 0.05) is 6.61 Å².